The predicted octanol–water partition coefficient (Wildman–Crippen LogP) is 3.84. The smallest absolute Gasteiger partial charge is 0.233 e. The highest BCUT2D eigenvalue weighted by Gasteiger charge is 2.69. The standard InChI is InChI=1S/C24H24F2N4O2S/c1-5-13(2)32-21-12-28-18(11-29-21)19(31)9-15-6-7-17(26)16(8-15)23(4)20-10-24(20,14(3)25)33-22(27)30-23/h1,6-8,11-14,20H,9-10H2,2-4H3,(H2,27,30)/t13-,14?,20-,23+,24+/m0/s1. The number of thioether (sulfide) groups is 1. The first-order valence-corrected chi connectivity index (χ1v) is 11.4. The number of terminal acetylenes is 1. The van der Waals surface area contributed by atoms with E-state index >= 15 is 0 Å². The van der Waals surface area contributed by atoms with Gasteiger partial charge in [0.25, 0.3) is 0 Å². The van der Waals surface area contributed by atoms with Crippen LogP contribution in [0.1, 0.15) is 48.8 Å². The minimum Gasteiger partial charge on any atom is -0.460 e. The Balaban J connectivity index is 1.57. The van der Waals surface area contributed by atoms with Gasteiger partial charge in [0.2, 0.25) is 5.88 Å². The lowest BCUT2D eigenvalue weighted by atomic mass is 9.84. The molecule has 33 heavy (non-hydrogen) atoms. The Bertz CT molecular complexity index is 1160. The van der Waals surface area contributed by atoms with Crippen LogP contribution in [0.5, 0.6) is 5.88 Å². The van der Waals surface area contributed by atoms with Gasteiger partial charge in [0.15, 0.2) is 17.1 Å². The molecule has 4 rings (SSSR count). The number of rotatable bonds is 7. The zero-order chi connectivity index (χ0) is 24.0. The van der Waals surface area contributed by atoms with Crippen LogP contribution in [-0.2, 0) is 12.0 Å². The molecule has 1 saturated carbocycles. The van der Waals surface area contributed by atoms with Crippen LogP contribution in [0.25, 0.3) is 0 Å². The molecule has 2 heterocycles. The van der Waals surface area contributed by atoms with Crippen molar-refractivity contribution < 1.29 is 18.3 Å². The lowest BCUT2D eigenvalue weighted by Crippen LogP contribution is -2.39. The number of hydrogen-bond donors (Lipinski definition) is 1. The van der Waals surface area contributed by atoms with Crippen LogP contribution in [0.15, 0.2) is 35.6 Å². The number of fused-ring (bicyclic) bond motifs is 1. The summed E-state index contributed by atoms with van der Waals surface area (Å²) in [6.07, 6.45) is 6.89. The second-order valence-electron chi connectivity index (χ2n) is 8.61. The van der Waals surface area contributed by atoms with E-state index in [9.17, 15) is 13.6 Å². The van der Waals surface area contributed by atoms with E-state index in [4.69, 9.17) is 16.9 Å². The molecule has 5 atom stereocenters. The third-order valence-corrected chi connectivity index (χ3v) is 7.79. The SMILES string of the molecule is C#C[C@H](C)Oc1cnc(C(=O)Cc2ccc(F)c([C@@]3(C)N=C(N)S[C@@]4(C(C)F)C[C@@H]34)c2)cn1. The fraction of sp³-hybridized carbons (Fsp3) is 0.417. The van der Waals surface area contributed by atoms with Crippen molar-refractivity contribution in [2.45, 2.75) is 56.2 Å². The molecule has 0 saturated heterocycles. The molecular weight excluding hydrogens is 446 g/mol. The number of ether oxygens (including phenoxy) is 1. The lowest BCUT2D eigenvalue weighted by molar-refractivity contribution is 0.0987. The summed E-state index contributed by atoms with van der Waals surface area (Å²) in [5.74, 6) is 1.69. The van der Waals surface area contributed by atoms with Gasteiger partial charge in [0.05, 0.1) is 22.7 Å². The molecule has 2 aliphatic rings. The molecule has 172 valence electrons. The molecule has 9 heteroatoms. The van der Waals surface area contributed by atoms with E-state index in [1.807, 2.05) is 0 Å². The number of hydrogen-bond acceptors (Lipinski definition) is 7. The Hall–Kier alpha value is -2.99. The first kappa shape index (κ1) is 23.2. The normalized spacial score (nSPS) is 27.5. The number of alkyl halides is 1. The van der Waals surface area contributed by atoms with Crippen molar-refractivity contribution in [3.63, 3.8) is 0 Å². The van der Waals surface area contributed by atoms with Crippen LogP contribution in [0.2, 0.25) is 0 Å². The molecule has 1 aromatic carbocycles. The highest BCUT2D eigenvalue weighted by Crippen LogP contribution is 2.67. The van der Waals surface area contributed by atoms with E-state index in [2.05, 4.69) is 20.9 Å². The molecule has 0 spiro atoms. The molecule has 0 bridgehead atoms. The number of aliphatic imine (C=N–C) groups is 1. The fourth-order valence-electron chi connectivity index (χ4n) is 4.42. The van der Waals surface area contributed by atoms with Gasteiger partial charge in [-0.2, -0.15) is 0 Å². The maximum Gasteiger partial charge on any atom is 0.233 e. The van der Waals surface area contributed by atoms with E-state index in [1.165, 1.54) is 37.1 Å². The molecule has 1 aliphatic carbocycles. The summed E-state index contributed by atoms with van der Waals surface area (Å²) < 4.78 is 34.0. The number of halogens is 2. The quantitative estimate of drug-likeness (QED) is 0.489. The van der Waals surface area contributed by atoms with Gasteiger partial charge in [-0.05, 0) is 44.9 Å². The Labute approximate surface area is 195 Å². The third-order valence-electron chi connectivity index (χ3n) is 6.33. The summed E-state index contributed by atoms with van der Waals surface area (Å²) >= 11 is 1.23. The number of carbonyl (C=O) groups is 1. The molecule has 2 N–H and O–H groups in total. The number of Topliss-reactive ketones (excluding diaryl/α,β-unsaturated/α-hetero) is 1. The van der Waals surface area contributed by atoms with Gasteiger partial charge in [-0.1, -0.05) is 23.7 Å². The molecule has 1 aromatic heterocycles. The van der Waals surface area contributed by atoms with Crippen molar-refractivity contribution in [2.24, 2.45) is 16.6 Å². The number of ketones is 1. The zero-order valence-corrected chi connectivity index (χ0v) is 19.3. The van der Waals surface area contributed by atoms with Crippen molar-refractivity contribution >= 4 is 22.7 Å². The lowest BCUT2D eigenvalue weighted by Gasteiger charge is -2.35. The second kappa shape index (κ2) is 8.41. The van der Waals surface area contributed by atoms with Crippen LogP contribution in [0.3, 0.4) is 0 Å². The Kier molecular flexibility index (Phi) is 5.91. The Morgan fingerprint density at radius 1 is 1.39 bits per heavy atom. The predicted molar refractivity (Wildman–Crippen MR) is 123 cm³/mol. The zero-order valence-electron chi connectivity index (χ0n) is 18.5. The highest BCUT2D eigenvalue weighted by molar-refractivity contribution is 8.15. The fourth-order valence-corrected chi connectivity index (χ4v) is 5.83. The number of nitrogens with two attached hydrogens (primary N) is 1. The molecule has 1 fully saturated rings. The molecule has 6 nitrogen and oxygen atoms in total. The van der Waals surface area contributed by atoms with Crippen molar-refractivity contribution in [1.82, 2.24) is 9.97 Å². The summed E-state index contributed by atoms with van der Waals surface area (Å²) in [5, 5.41) is 0.244. The van der Waals surface area contributed by atoms with E-state index in [0.29, 0.717) is 17.5 Å². The van der Waals surface area contributed by atoms with Gasteiger partial charge in [-0.15, -0.1) is 6.42 Å². The van der Waals surface area contributed by atoms with E-state index in [0.717, 1.165) is 0 Å². The van der Waals surface area contributed by atoms with Gasteiger partial charge in [-0.3, -0.25) is 9.79 Å². The number of aromatic nitrogens is 2. The number of nitrogens with zero attached hydrogens (tertiary/aromatic N) is 3. The summed E-state index contributed by atoms with van der Waals surface area (Å²) in [6.45, 7) is 4.97. The molecule has 1 aliphatic heterocycles. The highest BCUT2D eigenvalue weighted by atomic mass is 32.2. The summed E-state index contributed by atoms with van der Waals surface area (Å²) in [5.41, 5.74) is 6.06. The first-order valence-electron chi connectivity index (χ1n) is 10.5. The van der Waals surface area contributed by atoms with Crippen LogP contribution in [0.4, 0.5) is 8.78 Å². The van der Waals surface area contributed by atoms with Gasteiger partial charge in [0, 0.05) is 17.9 Å². The molecule has 2 aromatic rings. The average molecular weight is 471 g/mol. The second-order valence-corrected chi connectivity index (χ2v) is 9.99. The molecule has 0 radical (unpaired) electrons. The van der Waals surface area contributed by atoms with Gasteiger partial charge < -0.3 is 10.5 Å². The molecule has 0 amide bonds. The minimum absolute atomic E-state index is 0.0116. The monoisotopic (exact) mass is 470 g/mol. The number of benzene rings is 1. The van der Waals surface area contributed by atoms with Crippen LogP contribution in [-0.4, -0.2) is 37.9 Å². The minimum atomic E-state index is -1.11. The summed E-state index contributed by atoms with van der Waals surface area (Å²) in [7, 11) is 0. The van der Waals surface area contributed by atoms with E-state index in [-0.39, 0.29) is 34.9 Å². The maximum atomic E-state index is 14.9. The van der Waals surface area contributed by atoms with Crippen molar-refractivity contribution in [3.05, 3.63) is 53.2 Å². The third kappa shape index (κ3) is 4.20. The van der Waals surface area contributed by atoms with Crippen molar-refractivity contribution in [1.29, 1.82) is 0 Å². The van der Waals surface area contributed by atoms with Crippen LogP contribution < -0.4 is 10.5 Å². The van der Waals surface area contributed by atoms with Crippen molar-refractivity contribution in [2.75, 3.05) is 0 Å². The van der Waals surface area contributed by atoms with Crippen molar-refractivity contribution in [3.8, 4) is 18.2 Å². The van der Waals surface area contributed by atoms with Gasteiger partial charge in [0.1, 0.15) is 17.7 Å². The van der Waals surface area contributed by atoms with Gasteiger partial charge >= 0.3 is 0 Å². The molecular formula is C24H24F2N4O2S. The molecule has 1 unspecified atom stereocenters. The van der Waals surface area contributed by atoms with E-state index < -0.39 is 28.4 Å². The first-order chi connectivity index (χ1) is 15.6. The number of amidine groups is 1. The largest absolute Gasteiger partial charge is 0.460 e. The number of carbonyl (C=O) groups excluding carboxylic acids is 1. The van der Waals surface area contributed by atoms with E-state index in [1.54, 1.807) is 26.0 Å². The maximum absolute atomic E-state index is 14.9. The van der Waals surface area contributed by atoms with Crippen LogP contribution in [0, 0.1) is 24.1 Å². The van der Waals surface area contributed by atoms with Gasteiger partial charge in [-0.25, -0.2) is 18.7 Å². The summed E-state index contributed by atoms with van der Waals surface area (Å²) in [6, 6.07) is 4.47. The average Bonchev–Trinajstić information content (AvgIpc) is 3.52. The Morgan fingerprint density at radius 2 is 2.15 bits per heavy atom. The van der Waals surface area contributed by atoms with Crippen LogP contribution >= 0.6 is 11.8 Å². The topological polar surface area (TPSA) is 90.5 Å². The summed E-state index contributed by atoms with van der Waals surface area (Å²) in [4.78, 5) is 25.4. The Morgan fingerprint density at radius 3 is 2.79 bits per heavy atom.